The number of nitrogen functional groups attached to an aromatic ring is 1. The quantitative estimate of drug-likeness (QED) is 0.744. The van der Waals surface area contributed by atoms with Gasteiger partial charge in [-0.1, -0.05) is 0 Å². The molecule has 0 saturated heterocycles. The molecule has 0 aliphatic heterocycles. The number of carbonyl (C=O) groups is 1. The second kappa shape index (κ2) is 4.42. The fourth-order valence-electron chi connectivity index (χ4n) is 1.23. The van der Waals surface area contributed by atoms with Gasteiger partial charge >= 0.3 is 0 Å². The average molecular weight is 250 g/mol. The van der Waals surface area contributed by atoms with E-state index in [9.17, 15) is 4.79 Å². The summed E-state index contributed by atoms with van der Waals surface area (Å²) < 4.78 is 1.50. The van der Waals surface area contributed by atoms with E-state index in [1.165, 1.54) is 16.4 Å². The molecule has 1 aromatic carbocycles. The van der Waals surface area contributed by atoms with E-state index in [1.807, 2.05) is 0 Å². The highest BCUT2D eigenvalue weighted by Gasteiger charge is 2.12. The lowest BCUT2D eigenvalue weighted by molar-refractivity contribution is 0.0997. The molecule has 0 aliphatic carbocycles. The molecule has 0 fully saturated rings. The number of benzene rings is 1. The Morgan fingerprint density at radius 3 is 2.82 bits per heavy atom. The Kier molecular flexibility index (Phi) is 2.96. The summed E-state index contributed by atoms with van der Waals surface area (Å²) in [4.78, 5) is 11.9. The molecule has 7 nitrogen and oxygen atoms in total. The number of aromatic nitrogens is 4. The summed E-state index contributed by atoms with van der Waals surface area (Å²) >= 11 is 1.24. The minimum atomic E-state index is -0.511. The second-order valence-electron chi connectivity index (χ2n) is 3.31. The van der Waals surface area contributed by atoms with Crippen LogP contribution in [0.5, 0.6) is 0 Å². The lowest BCUT2D eigenvalue weighted by atomic mass is 10.2. The molecule has 8 heteroatoms. The van der Waals surface area contributed by atoms with Gasteiger partial charge in [-0.25, -0.2) is 4.68 Å². The number of amides is 1. The van der Waals surface area contributed by atoms with E-state index in [0.717, 1.165) is 0 Å². The van der Waals surface area contributed by atoms with Crippen molar-refractivity contribution >= 4 is 23.4 Å². The van der Waals surface area contributed by atoms with E-state index < -0.39 is 5.91 Å². The van der Waals surface area contributed by atoms with Crippen LogP contribution in [0.4, 0.5) is 5.69 Å². The van der Waals surface area contributed by atoms with Crippen molar-refractivity contribution in [2.75, 3.05) is 5.73 Å². The van der Waals surface area contributed by atoms with Crippen molar-refractivity contribution in [3.8, 4) is 0 Å². The number of hydrogen-bond donors (Lipinski definition) is 2. The van der Waals surface area contributed by atoms with E-state index in [-0.39, 0.29) is 0 Å². The summed E-state index contributed by atoms with van der Waals surface area (Å²) in [6.07, 6.45) is 0. The number of tetrazole rings is 1. The van der Waals surface area contributed by atoms with Crippen molar-refractivity contribution in [2.45, 2.75) is 10.1 Å². The second-order valence-corrected chi connectivity index (χ2v) is 4.32. The lowest BCUT2D eigenvalue weighted by Crippen LogP contribution is -2.12. The summed E-state index contributed by atoms with van der Waals surface area (Å²) in [6, 6.07) is 4.88. The van der Waals surface area contributed by atoms with Gasteiger partial charge in [0, 0.05) is 17.6 Å². The Morgan fingerprint density at radius 2 is 2.24 bits per heavy atom. The first-order chi connectivity index (χ1) is 8.08. The highest BCUT2D eigenvalue weighted by atomic mass is 32.2. The van der Waals surface area contributed by atoms with Crippen LogP contribution >= 0.6 is 11.8 Å². The van der Waals surface area contributed by atoms with Crippen LogP contribution in [0.3, 0.4) is 0 Å². The summed E-state index contributed by atoms with van der Waals surface area (Å²) in [5, 5.41) is 11.6. The number of nitrogens with two attached hydrogens (primary N) is 2. The Bertz CT molecular complexity index is 566. The highest BCUT2D eigenvalue weighted by Crippen LogP contribution is 2.29. The van der Waals surface area contributed by atoms with Crippen LogP contribution in [-0.2, 0) is 7.05 Å². The minimum absolute atomic E-state index is 0.396. The molecule has 0 atom stereocenters. The maximum atomic E-state index is 11.3. The van der Waals surface area contributed by atoms with Crippen molar-refractivity contribution in [3.05, 3.63) is 23.8 Å². The molecule has 0 radical (unpaired) electrons. The molecule has 0 unspecified atom stereocenters. The first kappa shape index (κ1) is 11.4. The molecule has 1 amide bonds. The Balaban J connectivity index is 2.41. The smallest absolute Gasteiger partial charge is 0.249 e. The van der Waals surface area contributed by atoms with Crippen LogP contribution in [0.2, 0.25) is 0 Å². The molecule has 2 rings (SSSR count). The van der Waals surface area contributed by atoms with Crippen LogP contribution in [0.1, 0.15) is 10.4 Å². The number of primary amides is 1. The molecular formula is C9H10N6OS. The van der Waals surface area contributed by atoms with Crippen LogP contribution in [0, 0.1) is 0 Å². The zero-order chi connectivity index (χ0) is 12.4. The van der Waals surface area contributed by atoms with E-state index in [1.54, 1.807) is 25.2 Å². The van der Waals surface area contributed by atoms with Gasteiger partial charge in [0.1, 0.15) is 0 Å². The van der Waals surface area contributed by atoms with Gasteiger partial charge in [-0.05, 0) is 40.4 Å². The molecule has 0 saturated carbocycles. The van der Waals surface area contributed by atoms with Crippen molar-refractivity contribution in [1.29, 1.82) is 0 Å². The van der Waals surface area contributed by atoms with Crippen molar-refractivity contribution in [2.24, 2.45) is 12.8 Å². The molecule has 17 heavy (non-hydrogen) atoms. The topological polar surface area (TPSA) is 113 Å². The number of carbonyl (C=O) groups excluding carboxylic acids is 1. The molecule has 0 bridgehead atoms. The van der Waals surface area contributed by atoms with Gasteiger partial charge in [-0.15, -0.1) is 5.10 Å². The van der Waals surface area contributed by atoms with Crippen LogP contribution < -0.4 is 11.5 Å². The van der Waals surface area contributed by atoms with E-state index in [4.69, 9.17) is 11.5 Å². The van der Waals surface area contributed by atoms with Gasteiger partial charge in [0.25, 0.3) is 0 Å². The third-order valence-electron chi connectivity index (χ3n) is 2.05. The molecule has 0 spiro atoms. The van der Waals surface area contributed by atoms with Crippen molar-refractivity contribution < 1.29 is 4.79 Å². The molecule has 1 aromatic heterocycles. The lowest BCUT2D eigenvalue weighted by Gasteiger charge is -2.05. The predicted octanol–water partition coefficient (Wildman–Crippen LogP) is 0.0424. The third-order valence-corrected chi connectivity index (χ3v) is 3.14. The Hall–Kier alpha value is -2.09. The first-order valence-corrected chi connectivity index (χ1v) is 5.49. The Labute approximate surface area is 101 Å². The van der Waals surface area contributed by atoms with Gasteiger partial charge in [-0.3, -0.25) is 4.79 Å². The molecular weight excluding hydrogens is 240 g/mol. The number of anilines is 1. The minimum Gasteiger partial charge on any atom is -0.399 e. The van der Waals surface area contributed by atoms with Crippen LogP contribution in [0.15, 0.2) is 28.3 Å². The molecule has 1 heterocycles. The summed E-state index contributed by atoms with van der Waals surface area (Å²) in [5.41, 5.74) is 11.9. The van der Waals surface area contributed by atoms with E-state index >= 15 is 0 Å². The maximum absolute atomic E-state index is 11.3. The predicted molar refractivity (Wildman–Crippen MR) is 62.3 cm³/mol. The molecule has 4 N–H and O–H groups in total. The maximum Gasteiger partial charge on any atom is 0.249 e. The zero-order valence-corrected chi connectivity index (χ0v) is 9.81. The average Bonchev–Trinajstić information content (AvgIpc) is 2.64. The van der Waals surface area contributed by atoms with Gasteiger partial charge in [0.15, 0.2) is 0 Å². The fourth-order valence-corrected chi connectivity index (χ4v) is 2.15. The summed E-state index contributed by atoms with van der Waals surface area (Å²) in [6.45, 7) is 0. The molecule has 0 aliphatic rings. The van der Waals surface area contributed by atoms with Crippen LogP contribution in [0.25, 0.3) is 0 Å². The largest absolute Gasteiger partial charge is 0.399 e. The molecule has 88 valence electrons. The number of nitrogens with zero attached hydrogens (tertiary/aromatic N) is 4. The molecule has 2 aromatic rings. The number of rotatable bonds is 3. The van der Waals surface area contributed by atoms with Crippen LogP contribution in [-0.4, -0.2) is 26.1 Å². The monoisotopic (exact) mass is 250 g/mol. The number of hydrogen-bond acceptors (Lipinski definition) is 6. The third kappa shape index (κ3) is 2.36. The highest BCUT2D eigenvalue weighted by molar-refractivity contribution is 7.99. The van der Waals surface area contributed by atoms with E-state index in [0.29, 0.717) is 21.3 Å². The summed E-state index contributed by atoms with van der Waals surface area (Å²) in [7, 11) is 1.71. The van der Waals surface area contributed by atoms with E-state index in [2.05, 4.69) is 15.5 Å². The standard InChI is InChI=1S/C9H10N6OS/c1-15-9(12-13-14-15)17-7-4-5(10)2-3-6(7)8(11)16/h2-4H,10H2,1H3,(H2,11,16). The SMILES string of the molecule is Cn1nnnc1Sc1cc(N)ccc1C(N)=O. The Morgan fingerprint density at radius 1 is 1.47 bits per heavy atom. The van der Waals surface area contributed by atoms with Crippen molar-refractivity contribution in [3.63, 3.8) is 0 Å². The van der Waals surface area contributed by atoms with Gasteiger partial charge in [-0.2, -0.15) is 0 Å². The number of aryl methyl sites for hydroxylation is 1. The van der Waals surface area contributed by atoms with Gasteiger partial charge in [0.05, 0.1) is 5.56 Å². The first-order valence-electron chi connectivity index (χ1n) is 4.67. The fraction of sp³-hybridized carbons (Fsp3) is 0.111. The summed E-state index contributed by atoms with van der Waals surface area (Å²) in [5.74, 6) is -0.511. The normalized spacial score (nSPS) is 10.4. The van der Waals surface area contributed by atoms with Gasteiger partial charge < -0.3 is 11.5 Å². The van der Waals surface area contributed by atoms with Crippen molar-refractivity contribution in [1.82, 2.24) is 20.2 Å². The van der Waals surface area contributed by atoms with Gasteiger partial charge in [0.2, 0.25) is 11.1 Å². The zero-order valence-electron chi connectivity index (χ0n) is 8.99.